The maximum Gasteiger partial charge on any atom is 0.255 e. The van der Waals surface area contributed by atoms with Crippen molar-refractivity contribution in [3.63, 3.8) is 0 Å². The van der Waals surface area contributed by atoms with Crippen molar-refractivity contribution in [3.8, 4) is 0 Å². The van der Waals surface area contributed by atoms with Crippen LogP contribution in [-0.4, -0.2) is 37.8 Å². The van der Waals surface area contributed by atoms with Gasteiger partial charge in [0, 0.05) is 12.6 Å². The molecule has 1 atom stereocenters. The van der Waals surface area contributed by atoms with E-state index >= 15 is 0 Å². The molecule has 0 bridgehead atoms. The zero-order valence-electron chi connectivity index (χ0n) is 11.7. The van der Waals surface area contributed by atoms with Gasteiger partial charge in [-0.05, 0) is 25.1 Å². The maximum absolute atomic E-state index is 14.1. The summed E-state index contributed by atoms with van der Waals surface area (Å²) in [6, 6.07) is 4.35. The van der Waals surface area contributed by atoms with Crippen LogP contribution < -0.4 is 10.2 Å². The Morgan fingerprint density at radius 2 is 2.05 bits per heavy atom. The first kappa shape index (κ1) is 16.8. The highest BCUT2D eigenvalue weighted by Crippen LogP contribution is 2.29. The third kappa shape index (κ3) is 4.38. The number of nitrogens with zero attached hydrogens (tertiary/aromatic N) is 1. The first-order valence-electron chi connectivity index (χ1n) is 6.67. The molecule has 0 aromatic heterocycles. The Bertz CT molecular complexity index is 415. The summed E-state index contributed by atoms with van der Waals surface area (Å²) in [4.78, 5) is 1.20. The molecule has 0 saturated carbocycles. The summed E-state index contributed by atoms with van der Waals surface area (Å²) in [5.74, 6) is -0.554. The number of alkyl halides is 2. The van der Waals surface area contributed by atoms with Crippen LogP contribution in [0, 0.1) is 5.82 Å². The highest BCUT2D eigenvalue weighted by molar-refractivity contribution is 5.56. The third-order valence-electron chi connectivity index (χ3n) is 3.04. The quantitative estimate of drug-likeness (QED) is 0.772. The molecule has 20 heavy (non-hydrogen) atoms. The van der Waals surface area contributed by atoms with Gasteiger partial charge in [-0.25, -0.2) is 13.2 Å². The molecule has 0 amide bonds. The van der Waals surface area contributed by atoms with Gasteiger partial charge >= 0.3 is 0 Å². The summed E-state index contributed by atoms with van der Waals surface area (Å²) in [7, 11) is 0. The number of para-hydroxylation sites is 1. The number of hydrogen-bond donors (Lipinski definition) is 2. The highest BCUT2D eigenvalue weighted by atomic mass is 19.3. The van der Waals surface area contributed by atoms with Gasteiger partial charge in [0.15, 0.2) is 0 Å². The average Bonchev–Trinajstić information content (AvgIpc) is 2.37. The largest absolute Gasteiger partial charge is 0.395 e. The SMILES string of the molecule is CCNC(C)c1cccc(F)c1N(CCO)CC(F)F. The summed E-state index contributed by atoms with van der Waals surface area (Å²) < 4.78 is 39.4. The molecule has 114 valence electrons. The van der Waals surface area contributed by atoms with Crippen molar-refractivity contribution in [1.82, 2.24) is 5.32 Å². The van der Waals surface area contributed by atoms with Crippen molar-refractivity contribution < 1.29 is 18.3 Å². The minimum Gasteiger partial charge on any atom is -0.395 e. The van der Waals surface area contributed by atoms with Gasteiger partial charge in [-0.1, -0.05) is 19.1 Å². The van der Waals surface area contributed by atoms with Crippen LogP contribution in [0.3, 0.4) is 0 Å². The van der Waals surface area contributed by atoms with Crippen LogP contribution >= 0.6 is 0 Å². The second-order valence-electron chi connectivity index (χ2n) is 4.52. The van der Waals surface area contributed by atoms with Gasteiger partial charge in [0.1, 0.15) is 5.82 Å². The van der Waals surface area contributed by atoms with E-state index in [1.54, 1.807) is 12.1 Å². The summed E-state index contributed by atoms with van der Waals surface area (Å²) in [6.07, 6.45) is -2.59. The Labute approximate surface area is 117 Å². The van der Waals surface area contributed by atoms with Crippen molar-refractivity contribution >= 4 is 5.69 Å². The standard InChI is InChI=1S/C14H21F3N2O/c1-3-18-10(2)11-5-4-6-12(15)14(11)19(7-8-20)9-13(16)17/h4-6,10,13,18,20H,3,7-9H2,1-2H3. The summed E-state index contributed by atoms with van der Waals surface area (Å²) in [6.45, 7) is 3.51. The van der Waals surface area contributed by atoms with Gasteiger partial charge < -0.3 is 15.3 Å². The fraction of sp³-hybridized carbons (Fsp3) is 0.571. The molecule has 0 heterocycles. The van der Waals surface area contributed by atoms with E-state index in [2.05, 4.69) is 5.32 Å². The van der Waals surface area contributed by atoms with Gasteiger partial charge in [0.05, 0.1) is 18.8 Å². The molecule has 1 unspecified atom stereocenters. The first-order valence-corrected chi connectivity index (χ1v) is 6.67. The van der Waals surface area contributed by atoms with Gasteiger partial charge in [-0.3, -0.25) is 0 Å². The lowest BCUT2D eigenvalue weighted by Crippen LogP contribution is -2.34. The minimum atomic E-state index is -2.59. The summed E-state index contributed by atoms with van der Waals surface area (Å²) in [5, 5.41) is 12.1. The molecule has 2 N–H and O–H groups in total. The van der Waals surface area contributed by atoms with E-state index in [9.17, 15) is 13.2 Å². The van der Waals surface area contributed by atoms with E-state index in [0.29, 0.717) is 12.1 Å². The minimum absolute atomic E-state index is 0.0306. The topological polar surface area (TPSA) is 35.5 Å². The van der Waals surface area contributed by atoms with Crippen LogP contribution in [0.4, 0.5) is 18.9 Å². The Hall–Kier alpha value is -1.27. The number of halogens is 3. The Balaban J connectivity index is 3.16. The smallest absolute Gasteiger partial charge is 0.255 e. The molecule has 6 heteroatoms. The second-order valence-corrected chi connectivity index (χ2v) is 4.52. The summed E-state index contributed by atoms with van der Waals surface area (Å²) in [5.41, 5.74) is 0.747. The van der Waals surface area contributed by atoms with Crippen molar-refractivity contribution in [2.24, 2.45) is 0 Å². The zero-order chi connectivity index (χ0) is 15.1. The lowest BCUT2D eigenvalue weighted by Gasteiger charge is -2.28. The molecular weight excluding hydrogens is 269 g/mol. The van der Waals surface area contributed by atoms with E-state index in [1.165, 1.54) is 11.0 Å². The highest BCUT2D eigenvalue weighted by Gasteiger charge is 2.21. The Morgan fingerprint density at radius 3 is 2.60 bits per heavy atom. The number of anilines is 1. The Kier molecular flexibility index (Phi) is 6.81. The average molecular weight is 290 g/mol. The van der Waals surface area contributed by atoms with Crippen LogP contribution in [0.15, 0.2) is 18.2 Å². The second kappa shape index (κ2) is 8.11. The van der Waals surface area contributed by atoms with E-state index < -0.39 is 18.8 Å². The van der Waals surface area contributed by atoms with Crippen molar-refractivity contribution in [2.45, 2.75) is 26.3 Å². The van der Waals surface area contributed by atoms with Crippen LogP contribution in [-0.2, 0) is 0 Å². The van der Waals surface area contributed by atoms with Crippen LogP contribution in [0.5, 0.6) is 0 Å². The number of rotatable bonds is 8. The fourth-order valence-electron chi connectivity index (χ4n) is 2.21. The maximum atomic E-state index is 14.1. The third-order valence-corrected chi connectivity index (χ3v) is 3.04. The number of nitrogens with one attached hydrogen (secondary N) is 1. The fourth-order valence-corrected chi connectivity index (χ4v) is 2.21. The molecule has 0 saturated heterocycles. The number of hydrogen-bond acceptors (Lipinski definition) is 3. The van der Waals surface area contributed by atoms with Gasteiger partial charge in [-0.15, -0.1) is 0 Å². The van der Waals surface area contributed by atoms with E-state index in [-0.39, 0.29) is 24.9 Å². The van der Waals surface area contributed by atoms with Crippen LogP contribution in [0.25, 0.3) is 0 Å². The molecule has 0 spiro atoms. The Morgan fingerprint density at radius 1 is 1.35 bits per heavy atom. The van der Waals surface area contributed by atoms with Crippen molar-refractivity contribution in [2.75, 3.05) is 31.1 Å². The predicted molar refractivity (Wildman–Crippen MR) is 73.8 cm³/mol. The molecule has 0 fully saturated rings. The first-order chi connectivity index (χ1) is 9.51. The number of aliphatic hydroxyl groups is 1. The molecule has 3 nitrogen and oxygen atoms in total. The lowest BCUT2D eigenvalue weighted by molar-refractivity contribution is 0.152. The molecular formula is C14H21F3N2O. The lowest BCUT2D eigenvalue weighted by atomic mass is 10.0. The molecule has 0 radical (unpaired) electrons. The number of benzene rings is 1. The summed E-state index contributed by atoms with van der Waals surface area (Å²) >= 11 is 0. The van der Waals surface area contributed by atoms with Crippen LogP contribution in [0.1, 0.15) is 25.5 Å². The van der Waals surface area contributed by atoms with Crippen molar-refractivity contribution in [1.29, 1.82) is 0 Å². The predicted octanol–water partition coefficient (Wildman–Crippen LogP) is 2.56. The molecule has 0 aliphatic carbocycles. The van der Waals surface area contributed by atoms with Gasteiger partial charge in [0.25, 0.3) is 6.43 Å². The monoisotopic (exact) mass is 290 g/mol. The molecule has 1 rings (SSSR count). The van der Waals surface area contributed by atoms with E-state index in [4.69, 9.17) is 5.11 Å². The molecule has 1 aromatic rings. The molecule has 0 aliphatic heterocycles. The molecule has 0 aliphatic rings. The van der Waals surface area contributed by atoms with Crippen LogP contribution in [0.2, 0.25) is 0 Å². The van der Waals surface area contributed by atoms with Gasteiger partial charge in [0.2, 0.25) is 0 Å². The normalized spacial score (nSPS) is 12.8. The number of aliphatic hydroxyl groups excluding tert-OH is 1. The molecule has 1 aromatic carbocycles. The van der Waals surface area contributed by atoms with Crippen molar-refractivity contribution in [3.05, 3.63) is 29.6 Å². The van der Waals surface area contributed by atoms with E-state index in [1.807, 2.05) is 13.8 Å². The zero-order valence-corrected chi connectivity index (χ0v) is 11.7. The van der Waals surface area contributed by atoms with Gasteiger partial charge in [-0.2, -0.15) is 0 Å². The van der Waals surface area contributed by atoms with E-state index in [0.717, 1.165) is 0 Å².